The first-order valence-corrected chi connectivity index (χ1v) is 8.99. The van der Waals surface area contributed by atoms with E-state index in [0.29, 0.717) is 6.04 Å². The van der Waals surface area contributed by atoms with Crippen LogP contribution in [0, 0.1) is 0 Å². The molecule has 1 nitrogen and oxygen atoms in total. The second-order valence-corrected chi connectivity index (χ2v) is 6.37. The second-order valence-electron chi connectivity index (χ2n) is 6.37. The third kappa shape index (κ3) is 6.22. The van der Waals surface area contributed by atoms with E-state index < -0.39 is 0 Å². The van der Waals surface area contributed by atoms with Crippen LogP contribution in [-0.4, -0.2) is 12.6 Å². The summed E-state index contributed by atoms with van der Waals surface area (Å²) in [4.78, 5) is 0. The maximum absolute atomic E-state index is 3.50. The molecule has 0 aliphatic rings. The average Bonchev–Trinajstić information content (AvgIpc) is 2.49. The molecule has 0 radical (unpaired) electrons. The maximum atomic E-state index is 3.50. The molecule has 0 heterocycles. The molecule has 0 saturated heterocycles. The van der Waals surface area contributed by atoms with Crippen molar-refractivity contribution in [2.75, 3.05) is 6.54 Å². The quantitative estimate of drug-likeness (QED) is 0.592. The summed E-state index contributed by atoms with van der Waals surface area (Å²) in [5.74, 6) is 0. The van der Waals surface area contributed by atoms with E-state index >= 15 is 0 Å². The summed E-state index contributed by atoms with van der Waals surface area (Å²) in [6, 6.07) is 5.49. The van der Waals surface area contributed by atoms with E-state index in [0.717, 1.165) is 13.0 Å². The summed E-state index contributed by atoms with van der Waals surface area (Å²) in [7, 11) is 0. The van der Waals surface area contributed by atoms with Crippen molar-refractivity contribution in [3.63, 3.8) is 0 Å². The van der Waals surface area contributed by atoms with Crippen molar-refractivity contribution in [2.45, 2.75) is 85.6 Å². The molecule has 0 aliphatic heterocycles. The van der Waals surface area contributed by atoms with Gasteiger partial charge >= 0.3 is 0 Å². The van der Waals surface area contributed by atoms with E-state index in [2.05, 4.69) is 52.1 Å². The van der Waals surface area contributed by atoms with Crippen LogP contribution in [-0.2, 0) is 25.7 Å². The summed E-state index contributed by atoms with van der Waals surface area (Å²) < 4.78 is 0. The Labute approximate surface area is 132 Å². The summed E-state index contributed by atoms with van der Waals surface area (Å²) in [6.07, 6.45) is 8.72. The van der Waals surface area contributed by atoms with Gasteiger partial charge in [-0.25, -0.2) is 0 Å². The predicted octanol–water partition coefficient (Wildman–Crippen LogP) is 5.08. The molecular formula is C20H35N. The van der Waals surface area contributed by atoms with Gasteiger partial charge in [-0.15, -0.1) is 0 Å². The van der Waals surface area contributed by atoms with Crippen molar-refractivity contribution in [3.05, 3.63) is 34.4 Å². The second kappa shape index (κ2) is 10.00. The van der Waals surface area contributed by atoms with Gasteiger partial charge in [0.1, 0.15) is 0 Å². The van der Waals surface area contributed by atoms with E-state index in [1.165, 1.54) is 44.1 Å². The molecule has 1 N–H and O–H groups in total. The lowest BCUT2D eigenvalue weighted by molar-refractivity contribution is 0.548. The Morgan fingerprint density at radius 2 is 1.48 bits per heavy atom. The molecule has 0 saturated carbocycles. The van der Waals surface area contributed by atoms with Crippen molar-refractivity contribution in [1.29, 1.82) is 0 Å². The molecule has 0 unspecified atom stereocenters. The van der Waals surface area contributed by atoms with E-state index in [4.69, 9.17) is 0 Å². The number of hydrogen-bond donors (Lipinski definition) is 1. The number of aryl methyl sites for hydroxylation is 3. The van der Waals surface area contributed by atoms with Gasteiger partial charge in [0, 0.05) is 6.04 Å². The van der Waals surface area contributed by atoms with Crippen LogP contribution in [0.5, 0.6) is 0 Å². The van der Waals surface area contributed by atoms with Crippen LogP contribution in [0.1, 0.15) is 76.1 Å². The van der Waals surface area contributed by atoms with E-state index in [1.807, 2.05) is 0 Å². The third-order valence-electron chi connectivity index (χ3n) is 4.32. The zero-order valence-electron chi connectivity index (χ0n) is 14.9. The normalized spacial score (nSPS) is 11.3. The van der Waals surface area contributed by atoms with Crippen molar-refractivity contribution < 1.29 is 0 Å². The van der Waals surface area contributed by atoms with Gasteiger partial charge in [0.25, 0.3) is 0 Å². The minimum atomic E-state index is 0.616. The molecule has 0 atom stereocenters. The standard InChI is InChI=1S/C20H35N/c1-6-17-14-18(7-2)20(19(8-3)15-17)12-10-9-11-13-21-16(4)5/h14-16,21H,6-13H2,1-5H3. The van der Waals surface area contributed by atoms with Crippen LogP contribution >= 0.6 is 0 Å². The lowest BCUT2D eigenvalue weighted by Crippen LogP contribution is -2.23. The molecule has 1 aromatic carbocycles. The van der Waals surface area contributed by atoms with Crippen LogP contribution in [0.15, 0.2) is 12.1 Å². The van der Waals surface area contributed by atoms with Gasteiger partial charge in [0.2, 0.25) is 0 Å². The molecule has 0 aromatic heterocycles. The zero-order valence-corrected chi connectivity index (χ0v) is 14.9. The molecule has 120 valence electrons. The minimum absolute atomic E-state index is 0.616. The fraction of sp³-hybridized carbons (Fsp3) is 0.700. The fourth-order valence-electron chi connectivity index (χ4n) is 3.02. The molecule has 0 spiro atoms. The number of nitrogens with one attached hydrogen (secondary N) is 1. The summed E-state index contributed by atoms with van der Waals surface area (Å²) in [5, 5.41) is 3.50. The summed E-state index contributed by atoms with van der Waals surface area (Å²) >= 11 is 0. The van der Waals surface area contributed by atoms with E-state index in [-0.39, 0.29) is 0 Å². The smallest absolute Gasteiger partial charge is 0.00103 e. The van der Waals surface area contributed by atoms with Gasteiger partial charge in [-0.3, -0.25) is 0 Å². The minimum Gasteiger partial charge on any atom is -0.315 e. The van der Waals surface area contributed by atoms with Gasteiger partial charge in [-0.05, 0) is 67.3 Å². The van der Waals surface area contributed by atoms with Gasteiger partial charge in [0.15, 0.2) is 0 Å². The third-order valence-corrected chi connectivity index (χ3v) is 4.32. The number of benzene rings is 1. The maximum Gasteiger partial charge on any atom is 0.00103 e. The molecule has 0 amide bonds. The number of rotatable bonds is 10. The topological polar surface area (TPSA) is 12.0 Å². The Balaban J connectivity index is 2.57. The molecule has 21 heavy (non-hydrogen) atoms. The summed E-state index contributed by atoms with van der Waals surface area (Å²) in [6.45, 7) is 12.4. The highest BCUT2D eigenvalue weighted by molar-refractivity contribution is 5.39. The van der Waals surface area contributed by atoms with Crippen LogP contribution < -0.4 is 5.32 Å². The molecule has 0 aliphatic carbocycles. The Morgan fingerprint density at radius 3 is 1.95 bits per heavy atom. The van der Waals surface area contributed by atoms with Crippen molar-refractivity contribution in [2.24, 2.45) is 0 Å². The highest BCUT2D eigenvalue weighted by atomic mass is 14.9. The van der Waals surface area contributed by atoms with E-state index in [1.54, 1.807) is 16.7 Å². The zero-order chi connectivity index (χ0) is 15.7. The summed E-state index contributed by atoms with van der Waals surface area (Å²) in [5.41, 5.74) is 6.33. The molecule has 1 aromatic rings. The first-order chi connectivity index (χ1) is 10.1. The van der Waals surface area contributed by atoms with Crippen molar-refractivity contribution in [1.82, 2.24) is 5.32 Å². The van der Waals surface area contributed by atoms with Crippen LogP contribution in [0.4, 0.5) is 0 Å². The van der Waals surface area contributed by atoms with Gasteiger partial charge in [-0.1, -0.05) is 53.2 Å². The lowest BCUT2D eigenvalue weighted by Gasteiger charge is -2.16. The van der Waals surface area contributed by atoms with Crippen LogP contribution in [0.2, 0.25) is 0 Å². The molecular weight excluding hydrogens is 254 g/mol. The average molecular weight is 290 g/mol. The van der Waals surface area contributed by atoms with Gasteiger partial charge in [0.05, 0.1) is 0 Å². The first kappa shape index (κ1) is 18.2. The first-order valence-electron chi connectivity index (χ1n) is 8.99. The predicted molar refractivity (Wildman–Crippen MR) is 95.3 cm³/mol. The Morgan fingerprint density at radius 1 is 0.857 bits per heavy atom. The highest BCUT2D eigenvalue weighted by Gasteiger charge is 2.08. The Bertz CT molecular complexity index is 381. The molecule has 1 rings (SSSR count). The van der Waals surface area contributed by atoms with Gasteiger partial charge in [-0.2, -0.15) is 0 Å². The van der Waals surface area contributed by atoms with Crippen molar-refractivity contribution >= 4 is 0 Å². The highest BCUT2D eigenvalue weighted by Crippen LogP contribution is 2.22. The lowest BCUT2D eigenvalue weighted by atomic mass is 9.90. The molecule has 0 fully saturated rings. The Kier molecular flexibility index (Phi) is 8.68. The van der Waals surface area contributed by atoms with Crippen molar-refractivity contribution in [3.8, 4) is 0 Å². The van der Waals surface area contributed by atoms with Gasteiger partial charge < -0.3 is 5.32 Å². The van der Waals surface area contributed by atoms with Crippen LogP contribution in [0.25, 0.3) is 0 Å². The molecule has 0 bridgehead atoms. The number of unbranched alkanes of at least 4 members (excludes halogenated alkanes) is 2. The SMILES string of the molecule is CCc1cc(CC)c(CCCCCNC(C)C)c(CC)c1. The fourth-order valence-corrected chi connectivity index (χ4v) is 3.02. The number of hydrogen-bond acceptors (Lipinski definition) is 1. The van der Waals surface area contributed by atoms with E-state index in [9.17, 15) is 0 Å². The van der Waals surface area contributed by atoms with Crippen LogP contribution in [0.3, 0.4) is 0 Å². The largest absolute Gasteiger partial charge is 0.315 e. The Hall–Kier alpha value is -0.820. The molecule has 1 heteroatoms. The monoisotopic (exact) mass is 289 g/mol.